The van der Waals surface area contributed by atoms with E-state index in [1.165, 1.54) is 11.1 Å². The Morgan fingerprint density at radius 1 is 0.162 bits per heavy atom. The normalized spacial score (nSPS) is 13.7. The van der Waals surface area contributed by atoms with E-state index in [0.717, 1.165) is 221 Å². The molecular formula is C133H77N9O6. The van der Waals surface area contributed by atoms with Crippen LogP contribution in [0.2, 0.25) is 0 Å². The molecule has 1 atom stereocenters. The third kappa shape index (κ3) is 12.3. The molecule has 0 aliphatic heterocycles. The summed E-state index contributed by atoms with van der Waals surface area (Å²) in [4.78, 5) is 50.2. The Morgan fingerprint density at radius 2 is 0.459 bits per heavy atom. The lowest BCUT2D eigenvalue weighted by Gasteiger charge is -2.34. The van der Waals surface area contributed by atoms with E-state index >= 15 is 0 Å². The molecule has 0 fully saturated rings. The lowest BCUT2D eigenvalue weighted by Crippen LogP contribution is -2.28. The van der Waals surface area contributed by atoms with Crippen molar-refractivity contribution < 1.29 is 26.5 Å². The van der Waals surface area contributed by atoms with Crippen LogP contribution in [0.15, 0.2) is 457 Å². The quantitative estimate of drug-likeness (QED) is 0.0996. The van der Waals surface area contributed by atoms with Crippen LogP contribution in [0.3, 0.4) is 0 Å². The zero-order chi connectivity index (χ0) is 97.3. The first-order valence-electron chi connectivity index (χ1n) is 49.8. The maximum Gasteiger partial charge on any atom is 0.167 e. The predicted octanol–water partition coefficient (Wildman–Crippen LogP) is 34.3. The average molecular weight is 1900 g/mol. The van der Waals surface area contributed by atoms with Crippen LogP contribution in [0.5, 0.6) is 0 Å². The standard InChI is InChI=1S/C133H77N9O6/c1-132(2)100-54-15-8-38-85(100)113-92(47-25-56-102(113)132)124-136-128(96-51-30-65-111-118(96)89-42-13-20-61-107(89)145-111)142-131(139-124)99-72-71-81(119-90-43-14-21-62-108(90)147-122(99)119)76-32-22-31-75(73-76)79-35-6-7-37-84(79)123-134-126(94-49-28-63-109-116(94)87-40-11-18-59-105(87)143-109)140-130(135-123)98-53-24-46-91-115-80(44-27-66-112(115)148-121(91)98)74-67-69-78(70-68-74)133(77-33-4-3-5-34-77)101-55-16-9-39-86(101)114-93(48-26-57-103(114)133)125-137-127(95-50-29-64-110-117(95)88-41-12-19-60-106(88)144-110)141-129(138-125)97-52-23-45-83-82-36-10-17-58-104(82)146-120(83)97/h3-73H,1-2H3. The minimum atomic E-state index is -0.839. The van der Waals surface area contributed by atoms with Crippen LogP contribution in [0.25, 0.3) is 290 Å². The fourth-order valence-electron chi connectivity index (χ4n) is 24.1. The van der Waals surface area contributed by atoms with Crippen molar-refractivity contribution >= 4 is 132 Å². The number of rotatable bonds is 14. The lowest BCUT2D eigenvalue weighted by molar-refractivity contribution is 0.660. The van der Waals surface area contributed by atoms with Gasteiger partial charge in [-0.05, 0) is 168 Å². The third-order valence-corrected chi connectivity index (χ3v) is 30.7. The largest absolute Gasteiger partial charge is 0.456 e. The highest BCUT2D eigenvalue weighted by Crippen LogP contribution is 2.60. The molecule has 0 N–H and O–H groups in total. The first kappa shape index (κ1) is 82.9. The van der Waals surface area contributed by atoms with Gasteiger partial charge in [0.2, 0.25) is 0 Å². The molecule has 690 valence electrons. The van der Waals surface area contributed by atoms with E-state index in [1.54, 1.807) is 0 Å². The number of furan rings is 6. The second kappa shape index (κ2) is 31.9. The molecule has 0 radical (unpaired) electrons. The monoisotopic (exact) mass is 1900 g/mol. The second-order valence-corrected chi connectivity index (χ2v) is 38.9. The molecule has 0 amide bonds. The predicted molar refractivity (Wildman–Crippen MR) is 590 cm³/mol. The first-order chi connectivity index (χ1) is 73.1. The van der Waals surface area contributed by atoms with Crippen LogP contribution >= 0.6 is 0 Å². The second-order valence-electron chi connectivity index (χ2n) is 38.9. The molecular weight excluding hydrogens is 1820 g/mol. The molecule has 31 rings (SSSR count). The van der Waals surface area contributed by atoms with Crippen LogP contribution in [0.4, 0.5) is 0 Å². The smallest absolute Gasteiger partial charge is 0.167 e. The Labute approximate surface area is 844 Å². The van der Waals surface area contributed by atoms with Gasteiger partial charge in [-0.1, -0.05) is 366 Å². The van der Waals surface area contributed by atoms with E-state index in [9.17, 15) is 0 Å². The van der Waals surface area contributed by atoms with Gasteiger partial charge in [0.15, 0.2) is 52.4 Å². The van der Waals surface area contributed by atoms with Crippen molar-refractivity contribution in [2.24, 2.45) is 0 Å². The zero-order valence-corrected chi connectivity index (χ0v) is 79.5. The molecule has 15 heteroatoms. The highest BCUT2D eigenvalue weighted by molar-refractivity contribution is 6.20. The zero-order valence-electron chi connectivity index (χ0n) is 79.5. The Kier molecular flexibility index (Phi) is 17.9. The van der Waals surface area contributed by atoms with E-state index in [0.29, 0.717) is 91.5 Å². The Morgan fingerprint density at radius 3 is 1.01 bits per heavy atom. The van der Waals surface area contributed by atoms with Crippen molar-refractivity contribution in [2.45, 2.75) is 24.7 Å². The molecule has 2 aliphatic carbocycles. The Hall–Kier alpha value is -19.8. The van der Waals surface area contributed by atoms with Gasteiger partial charge in [-0.25, -0.2) is 44.9 Å². The maximum atomic E-state index is 7.32. The van der Waals surface area contributed by atoms with Crippen LogP contribution in [-0.4, -0.2) is 44.9 Å². The van der Waals surface area contributed by atoms with Gasteiger partial charge in [-0.2, -0.15) is 0 Å². The summed E-state index contributed by atoms with van der Waals surface area (Å²) >= 11 is 0. The van der Waals surface area contributed by atoms with Crippen molar-refractivity contribution in [3.05, 3.63) is 464 Å². The van der Waals surface area contributed by atoms with Gasteiger partial charge in [-0.3, -0.25) is 0 Å². The van der Waals surface area contributed by atoms with Crippen LogP contribution in [-0.2, 0) is 10.8 Å². The van der Waals surface area contributed by atoms with Gasteiger partial charge in [-0.15, -0.1) is 0 Å². The summed E-state index contributed by atoms with van der Waals surface area (Å²) in [5.74, 6) is 4.35. The molecule has 0 saturated heterocycles. The summed E-state index contributed by atoms with van der Waals surface area (Å²) in [6.07, 6.45) is 0. The summed E-state index contributed by atoms with van der Waals surface area (Å²) in [6, 6.07) is 150. The van der Waals surface area contributed by atoms with E-state index < -0.39 is 5.41 Å². The van der Waals surface area contributed by atoms with Gasteiger partial charge in [0.05, 0.1) is 22.1 Å². The van der Waals surface area contributed by atoms with Crippen molar-refractivity contribution in [3.8, 4) is 158 Å². The molecule has 1 unspecified atom stereocenters. The Bertz CT molecular complexity index is 10700. The third-order valence-electron chi connectivity index (χ3n) is 30.7. The average Bonchev–Trinajstić information content (AvgIpc) is 1.52. The topological polar surface area (TPSA) is 195 Å². The fourth-order valence-corrected chi connectivity index (χ4v) is 24.1. The fraction of sp³-hybridized carbons (Fsp3) is 0.0301. The summed E-state index contributed by atoms with van der Waals surface area (Å²) in [5, 5.41) is 11.3. The van der Waals surface area contributed by atoms with E-state index in [2.05, 4.69) is 317 Å². The summed E-state index contributed by atoms with van der Waals surface area (Å²) in [5.41, 5.74) is 31.7. The molecule has 148 heavy (non-hydrogen) atoms. The number of nitrogens with zero attached hydrogens (tertiary/aromatic N) is 9. The van der Waals surface area contributed by atoms with Gasteiger partial charge in [0.1, 0.15) is 67.0 Å². The van der Waals surface area contributed by atoms with E-state index in [-0.39, 0.29) is 5.41 Å². The molecule has 15 nitrogen and oxygen atoms in total. The van der Waals surface area contributed by atoms with Crippen molar-refractivity contribution in [1.82, 2.24) is 44.9 Å². The van der Waals surface area contributed by atoms with Crippen LogP contribution < -0.4 is 0 Å². The molecule has 0 bridgehead atoms. The number of benzene rings is 20. The van der Waals surface area contributed by atoms with Gasteiger partial charge in [0.25, 0.3) is 0 Å². The van der Waals surface area contributed by atoms with Gasteiger partial charge in [0, 0.05) is 103 Å². The SMILES string of the molecule is CC1(C)c2ccccc2-c2c(-c3nc(-c4ccc(-c5cccc(-c6ccccc6-c6nc(-c7cccc8c7oc7cccc(-c9ccc(C%10(c%11ccccc%11)c%11ccccc%11-c%11c(-c%12nc(-c%13cccc%14c%13oc%13ccccc%13%14)nc(-c%13cccc%14oc%15ccccc%15c%13%14)n%12)cccc%11%10)cc9)c78)nc(-c7cccc8oc9ccccc9c78)n6)c5)c5c4oc4ccccc45)nc(-c4cccc5oc6ccccc6c45)n3)cccc21. The summed E-state index contributed by atoms with van der Waals surface area (Å²) in [7, 11) is 0. The summed E-state index contributed by atoms with van der Waals surface area (Å²) < 4.78 is 41.0. The number of aromatic nitrogens is 9. The molecule has 0 saturated carbocycles. The molecule has 0 spiro atoms. The van der Waals surface area contributed by atoms with Crippen molar-refractivity contribution in [3.63, 3.8) is 0 Å². The lowest BCUT2D eigenvalue weighted by atomic mass is 9.67. The molecule has 29 aromatic rings. The molecule has 2 aliphatic rings. The molecule has 9 aromatic heterocycles. The maximum absolute atomic E-state index is 7.32. The number of hydrogen-bond donors (Lipinski definition) is 0. The van der Waals surface area contributed by atoms with Gasteiger partial charge < -0.3 is 26.5 Å². The van der Waals surface area contributed by atoms with Crippen molar-refractivity contribution in [2.75, 3.05) is 0 Å². The van der Waals surface area contributed by atoms with Crippen LogP contribution in [0, 0.1) is 0 Å². The van der Waals surface area contributed by atoms with Crippen LogP contribution in [0.1, 0.15) is 47.2 Å². The highest BCUT2D eigenvalue weighted by Gasteiger charge is 2.48. The van der Waals surface area contributed by atoms with Gasteiger partial charge >= 0.3 is 0 Å². The minimum absolute atomic E-state index is 0.274. The van der Waals surface area contributed by atoms with E-state index in [4.69, 9.17) is 71.4 Å². The minimum Gasteiger partial charge on any atom is -0.456 e. The van der Waals surface area contributed by atoms with E-state index in [1.807, 2.05) is 127 Å². The molecule has 9 heterocycles. The summed E-state index contributed by atoms with van der Waals surface area (Å²) in [6.45, 7) is 4.60. The number of para-hydroxylation sites is 7. The Balaban J connectivity index is 0.537. The number of fused-ring (bicyclic) bond motifs is 24. The first-order valence-corrected chi connectivity index (χ1v) is 49.8. The molecule has 20 aromatic carbocycles. The number of hydrogen-bond acceptors (Lipinski definition) is 15. The highest BCUT2D eigenvalue weighted by atomic mass is 16.3. The van der Waals surface area contributed by atoms with Crippen molar-refractivity contribution in [1.29, 1.82) is 0 Å².